The summed E-state index contributed by atoms with van der Waals surface area (Å²) in [7, 11) is 0. The van der Waals surface area contributed by atoms with E-state index >= 15 is 0 Å². The molecule has 2 N–H and O–H groups in total. The molecule has 3 rings (SSSR count). The number of anilines is 1. The molecule has 0 spiro atoms. The molecule has 1 aromatic carbocycles. The van der Waals surface area contributed by atoms with Crippen molar-refractivity contribution in [2.45, 2.75) is 6.92 Å². The van der Waals surface area contributed by atoms with Crippen LogP contribution in [0.1, 0.15) is 5.56 Å². The van der Waals surface area contributed by atoms with Crippen LogP contribution in [-0.4, -0.2) is 14.6 Å². The molecule has 0 bridgehead atoms. The standard InChI is InChI=1S/C13H10F2N4/c1-7-4-9(16)6-19-12(7)17-18-13(19)8-2-3-10(14)11(15)5-8/h2-6H,16H2,1H3. The van der Waals surface area contributed by atoms with Crippen molar-refractivity contribution < 1.29 is 8.78 Å². The van der Waals surface area contributed by atoms with Crippen molar-refractivity contribution in [3.05, 3.63) is 47.7 Å². The Labute approximate surface area is 107 Å². The molecule has 2 aromatic heterocycles. The predicted octanol–water partition coefficient (Wildman–Crippen LogP) is 2.57. The monoisotopic (exact) mass is 260 g/mol. The van der Waals surface area contributed by atoms with Gasteiger partial charge in [-0.05, 0) is 36.8 Å². The molecule has 0 atom stereocenters. The fourth-order valence-corrected chi connectivity index (χ4v) is 2.02. The minimum absolute atomic E-state index is 0.421. The van der Waals surface area contributed by atoms with Crippen LogP contribution in [-0.2, 0) is 0 Å². The Kier molecular flexibility index (Phi) is 2.45. The van der Waals surface area contributed by atoms with Gasteiger partial charge in [0.2, 0.25) is 0 Å². The van der Waals surface area contributed by atoms with E-state index in [-0.39, 0.29) is 0 Å². The lowest BCUT2D eigenvalue weighted by Gasteiger charge is -2.03. The van der Waals surface area contributed by atoms with Crippen LogP contribution >= 0.6 is 0 Å². The first-order valence-corrected chi connectivity index (χ1v) is 5.62. The first-order chi connectivity index (χ1) is 9.06. The van der Waals surface area contributed by atoms with E-state index < -0.39 is 11.6 Å². The van der Waals surface area contributed by atoms with Gasteiger partial charge in [-0.25, -0.2) is 8.78 Å². The van der Waals surface area contributed by atoms with Crippen molar-refractivity contribution in [1.29, 1.82) is 0 Å². The van der Waals surface area contributed by atoms with Crippen molar-refractivity contribution in [3.63, 3.8) is 0 Å². The molecule has 0 aliphatic heterocycles. The summed E-state index contributed by atoms with van der Waals surface area (Å²) in [6.07, 6.45) is 1.65. The summed E-state index contributed by atoms with van der Waals surface area (Å²) in [4.78, 5) is 0. The summed E-state index contributed by atoms with van der Waals surface area (Å²) in [6, 6.07) is 5.38. The van der Waals surface area contributed by atoms with Crippen LogP contribution in [0.15, 0.2) is 30.5 Å². The maximum Gasteiger partial charge on any atom is 0.168 e. The third kappa shape index (κ3) is 1.81. The minimum Gasteiger partial charge on any atom is -0.398 e. The Morgan fingerprint density at radius 3 is 2.63 bits per heavy atom. The SMILES string of the molecule is Cc1cc(N)cn2c(-c3ccc(F)c(F)c3)nnc12. The summed E-state index contributed by atoms with van der Waals surface area (Å²) in [5.41, 5.74) is 8.26. The first kappa shape index (κ1) is 11.6. The molecule has 0 amide bonds. The third-order valence-electron chi connectivity index (χ3n) is 2.89. The number of fused-ring (bicyclic) bond motifs is 1. The van der Waals surface area contributed by atoms with Gasteiger partial charge in [-0.15, -0.1) is 10.2 Å². The lowest BCUT2D eigenvalue weighted by atomic mass is 10.2. The third-order valence-corrected chi connectivity index (χ3v) is 2.89. The van der Waals surface area contributed by atoms with E-state index in [1.165, 1.54) is 6.07 Å². The Balaban J connectivity index is 2.28. The second kappa shape index (κ2) is 4.01. The highest BCUT2D eigenvalue weighted by molar-refractivity contribution is 5.63. The smallest absolute Gasteiger partial charge is 0.168 e. The van der Waals surface area contributed by atoms with Gasteiger partial charge in [0.05, 0.1) is 0 Å². The van der Waals surface area contributed by atoms with Gasteiger partial charge in [-0.3, -0.25) is 4.40 Å². The van der Waals surface area contributed by atoms with Crippen LogP contribution in [0.3, 0.4) is 0 Å². The number of aromatic nitrogens is 3. The highest BCUT2D eigenvalue weighted by Gasteiger charge is 2.12. The van der Waals surface area contributed by atoms with Crippen molar-refractivity contribution in [1.82, 2.24) is 14.6 Å². The van der Waals surface area contributed by atoms with Crippen LogP contribution < -0.4 is 5.73 Å². The zero-order valence-corrected chi connectivity index (χ0v) is 10.1. The van der Waals surface area contributed by atoms with E-state index in [0.29, 0.717) is 22.7 Å². The second-order valence-electron chi connectivity index (χ2n) is 4.30. The molecule has 19 heavy (non-hydrogen) atoms. The maximum atomic E-state index is 13.3. The zero-order chi connectivity index (χ0) is 13.6. The Morgan fingerprint density at radius 2 is 1.89 bits per heavy atom. The highest BCUT2D eigenvalue weighted by atomic mass is 19.2. The number of benzene rings is 1. The van der Waals surface area contributed by atoms with Crippen LogP contribution in [0, 0.1) is 18.6 Å². The fourth-order valence-electron chi connectivity index (χ4n) is 2.02. The van der Waals surface area contributed by atoms with Crippen LogP contribution in [0.2, 0.25) is 0 Å². The molecule has 0 saturated carbocycles. The molecule has 0 fully saturated rings. The number of pyridine rings is 1. The van der Waals surface area contributed by atoms with E-state index in [4.69, 9.17) is 5.73 Å². The summed E-state index contributed by atoms with van der Waals surface area (Å²) in [5.74, 6) is -1.40. The molecule has 96 valence electrons. The minimum atomic E-state index is -0.921. The molecule has 0 aliphatic carbocycles. The lowest BCUT2D eigenvalue weighted by Crippen LogP contribution is -1.96. The van der Waals surface area contributed by atoms with Gasteiger partial charge in [0.1, 0.15) is 0 Å². The van der Waals surface area contributed by atoms with Crippen LogP contribution in [0.5, 0.6) is 0 Å². The molecule has 3 aromatic rings. The molecule has 0 radical (unpaired) electrons. The molecular formula is C13H10F2N4. The summed E-state index contributed by atoms with van der Waals surface area (Å²) >= 11 is 0. The number of rotatable bonds is 1. The zero-order valence-electron chi connectivity index (χ0n) is 10.1. The van der Waals surface area contributed by atoms with E-state index in [9.17, 15) is 8.78 Å². The van der Waals surface area contributed by atoms with Gasteiger partial charge >= 0.3 is 0 Å². The molecule has 0 aliphatic rings. The van der Waals surface area contributed by atoms with Gasteiger partial charge < -0.3 is 5.73 Å². The van der Waals surface area contributed by atoms with E-state index in [1.807, 2.05) is 6.92 Å². The highest BCUT2D eigenvalue weighted by Crippen LogP contribution is 2.23. The summed E-state index contributed by atoms with van der Waals surface area (Å²) < 4.78 is 27.9. The number of hydrogen-bond acceptors (Lipinski definition) is 3. The number of aryl methyl sites for hydroxylation is 1. The summed E-state index contributed by atoms with van der Waals surface area (Å²) in [6.45, 7) is 1.86. The van der Waals surface area contributed by atoms with E-state index in [1.54, 1.807) is 16.7 Å². The maximum absolute atomic E-state index is 13.3. The number of nitrogen functional groups attached to an aromatic ring is 1. The van der Waals surface area contributed by atoms with Gasteiger partial charge in [-0.2, -0.15) is 0 Å². The quantitative estimate of drug-likeness (QED) is 0.731. The molecule has 0 unspecified atom stereocenters. The Bertz CT molecular complexity index is 780. The van der Waals surface area contributed by atoms with Gasteiger partial charge in [0.15, 0.2) is 23.1 Å². The number of hydrogen-bond donors (Lipinski definition) is 1. The summed E-state index contributed by atoms with van der Waals surface area (Å²) in [5, 5.41) is 8.04. The Morgan fingerprint density at radius 1 is 1.11 bits per heavy atom. The second-order valence-corrected chi connectivity index (χ2v) is 4.30. The van der Waals surface area contributed by atoms with Crippen molar-refractivity contribution in [3.8, 4) is 11.4 Å². The van der Waals surface area contributed by atoms with Crippen molar-refractivity contribution >= 4 is 11.3 Å². The predicted molar refractivity (Wildman–Crippen MR) is 67.5 cm³/mol. The Hall–Kier alpha value is -2.50. The number of nitrogens with zero attached hydrogens (tertiary/aromatic N) is 3. The van der Waals surface area contributed by atoms with Gasteiger partial charge in [0.25, 0.3) is 0 Å². The molecular weight excluding hydrogens is 250 g/mol. The van der Waals surface area contributed by atoms with Crippen LogP contribution in [0.4, 0.5) is 14.5 Å². The molecule has 6 heteroatoms. The lowest BCUT2D eigenvalue weighted by molar-refractivity contribution is 0.509. The normalized spacial score (nSPS) is 11.1. The van der Waals surface area contributed by atoms with Crippen molar-refractivity contribution in [2.24, 2.45) is 0 Å². The van der Waals surface area contributed by atoms with Gasteiger partial charge in [0, 0.05) is 17.4 Å². The van der Waals surface area contributed by atoms with Crippen LogP contribution in [0.25, 0.3) is 17.0 Å². The topological polar surface area (TPSA) is 56.2 Å². The molecule has 0 saturated heterocycles. The average Bonchev–Trinajstić information content (AvgIpc) is 2.76. The van der Waals surface area contributed by atoms with E-state index in [0.717, 1.165) is 17.7 Å². The van der Waals surface area contributed by atoms with Crippen molar-refractivity contribution in [2.75, 3.05) is 5.73 Å². The largest absolute Gasteiger partial charge is 0.398 e. The van der Waals surface area contributed by atoms with E-state index in [2.05, 4.69) is 10.2 Å². The molecule has 2 heterocycles. The molecule has 4 nitrogen and oxygen atoms in total. The fraction of sp³-hybridized carbons (Fsp3) is 0.0769. The number of halogens is 2. The number of nitrogens with two attached hydrogens (primary N) is 1. The van der Waals surface area contributed by atoms with Gasteiger partial charge in [-0.1, -0.05) is 0 Å². The average molecular weight is 260 g/mol. The first-order valence-electron chi connectivity index (χ1n) is 5.62.